The third-order valence-electron chi connectivity index (χ3n) is 2.41. The lowest BCUT2D eigenvalue weighted by atomic mass is 10.1. The van der Waals surface area contributed by atoms with Crippen LogP contribution in [-0.2, 0) is 6.18 Å². The molecule has 1 amide bonds. The zero-order valence-electron chi connectivity index (χ0n) is 10.5. The molecule has 0 atom stereocenters. The zero-order chi connectivity index (χ0) is 15.3. The summed E-state index contributed by atoms with van der Waals surface area (Å²) in [5.74, 6) is -0.564. The lowest BCUT2D eigenvalue weighted by Crippen LogP contribution is -2.19. The number of hydrogen-bond acceptors (Lipinski definition) is 4. The number of hydrazone groups is 1. The van der Waals surface area contributed by atoms with Crippen LogP contribution >= 0.6 is 0 Å². The Balaban J connectivity index is 1.97. The predicted molar refractivity (Wildman–Crippen MR) is 68.5 cm³/mol. The van der Waals surface area contributed by atoms with Crippen molar-refractivity contribution in [2.45, 2.75) is 6.18 Å². The van der Waals surface area contributed by atoms with Gasteiger partial charge < -0.3 is 0 Å². The number of amides is 1. The van der Waals surface area contributed by atoms with Crippen molar-refractivity contribution in [3.8, 4) is 0 Å². The summed E-state index contributed by atoms with van der Waals surface area (Å²) in [6.07, 6.45) is 0.893. The van der Waals surface area contributed by atoms with Crippen LogP contribution < -0.4 is 5.43 Å². The third-order valence-corrected chi connectivity index (χ3v) is 2.41. The van der Waals surface area contributed by atoms with Gasteiger partial charge in [-0.15, -0.1) is 0 Å². The molecule has 0 aliphatic rings. The molecule has 2 rings (SSSR count). The van der Waals surface area contributed by atoms with Gasteiger partial charge in [0, 0.05) is 12.4 Å². The number of aromatic nitrogens is 2. The summed E-state index contributed by atoms with van der Waals surface area (Å²) in [5, 5.41) is 3.64. The highest BCUT2D eigenvalue weighted by Gasteiger charge is 2.29. The molecule has 0 radical (unpaired) electrons. The number of carbonyl (C=O) groups excluding carboxylic acids is 1. The summed E-state index contributed by atoms with van der Waals surface area (Å²) in [5.41, 5.74) is 1.96. The van der Waals surface area contributed by atoms with Crippen molar-refractivity contribution in [1.82, 2.24) is 15.4 Å². The minimum absolute atomic E-state index is 0.0852. The zero-order valence-corrected chi connectivity index (χ0v) is 10.5. The van der Waals surface area contributed by atoms with Crippen LogP contribution in [0.5, 0.6) is 0 Å². The summed E-state index contributed by atoms with van der Waals surface area (Å²) in [4.78, 5) is 19.0. The first-order valence-corrected chi connectivity index (χ1v) is 5.73. The summed E-state index contributed by atoms with van der Waals surface area (Å²) < 4.78 is 37.1. The molecule has 1 aromatic carbocycles. The molecule has 5 nitrogen and oxygen atoms in total. The fourth-order valence-electron chi connectivity index (χ4n) is 1.40. The monoisotopic (exact) mass is 294 g/mol. The minimum atomic E-state index is -4.38. The average molecular weight is 294 g/mol. The van der Waals surface area contributed by atoms with Gasteiger partial charge in [0.2, 0.25) is 0 Å². The van der Waals surface area contributed by atoms with Crippen molar-refractivity contribution < 1.29 is 18.0 Å². The van der Waals surface area contributed by atoms with Gasteiger partial charge in [0.25, 0.3) is 5.91 Å². The smallest absolute Gasteiger partial charge is 0.265 e. The second-order valence-electron chi connectivity index (χ2n) is 3.91. The first kappa shape index (κ1) is 14.6. The first-order chi connectivity index (χ1) is 9.97. The van der Waals surface area contributed by atoms with E-state index in [1.807, 2.05) is 0 Å². The van der Waals surface area contributed by atoms with Gasteiger partial charge in [-0.3, -0.25) is 9.78 Å². The van der Waals surface area contributed by atoms with E-state index in [1.54, 1.807) is 0 Å². The normalized spacial score (nSPS) is 11.6. The Morgan fingerprint density at radius 3 is 2.48 bits per heavy atom. The van der Waals surface area contributed by atoms with Crippen molar-refractivity contribution in [3.63, 3.8) is 0 Å². The number of nitrogens with one attached hydrogen (secondary N) is 1. The molecule has 108 valence electrons. The number of nitrogens with zero attached hydrogens (tertiary/aromatic N) is 3. The number of halogens is 3. The van der Waals surface area contributed by atoms with Crippen LogP contribution in [0.15, 0.2) is 48.0 Å². The van der Waals surface area contributed by atoms with Crippen LogP contribution in [0.1, 0.15) is 21.6 Å². The van der Waals surface area contributed by atoms with Crippen LogP contribution in [-0.4, -0.2) is 22.1 Å². The standard InChI is InChI=1S/C13H9F3N4O/c14-13(15,16)10-3-1-9(2-4-10)7-19-20-12(21)11-8-17-5-6-18-11/h1-8H,(H,20,21)/b19-7-. The average Bonchev–Trinajstić information content (AvgIpc) is 2.47. The van der Waals surface area contributed by atoms with E-state index in [-0.39, 0.29) is 5.69 Å². The van der Waals surface area contributed by atoms with Gasteiger partial charge in [-0.05, 0) is 17.7 Å². The number of benzene rings is 1. The Bertz CT molecular complexity index is 639. The number of hydrogen-bond donors (Lipinski definition) is 1. The van der Waals surface area contributed by atoms with Gasteiger partial charge in [-0.1, -0.05) is 12.1 Å². The molecule has 0 saturated heterocycles. The molecule has 0 saturated carbocycles. The molecule has 0 aliphatic heterocycles. The first-order valence-electron chi connectivity index (χ1n) is 5.73. The van der Waals surface area contributed by atoms with E-state index < -0.39 is 17.6 Å². The summed E-state index contributed by atoms with van der Waals surface area (Å²) in [7, 11) is 0. The molecule has 0 bridgehead atoms. The maximum atomic E-state index is 12.4. The molecular formula is C13H9F3N4O. The summed E-state index contributed by atoms with van der Waals surface area (Å²) >= 11 is 0. The van der Waals surface area contributed by atoms with E-state index in [1.165, 1.54) is 36.9 Å². The van der Waals surface area contributed by atoms with Gasteiger partial charge in [-0.2, -0.15) is 18.3 Å². The molecule has 0 unspecified atom stereocenters. The van der Waals surface area contributed by atoms with Crippen molar-refractivity contribution in [1.29, 1.82) is 0 Å². The fourth-order valence-corrected chi connectivity index (χ4v) is 1.40. The Morgan fingerprint density at radius 2 is 1.90 bits per heavy atom. The molecule has 1 N–H and O–H groups in total. The van der Waals surface area contributed by atoms with Gasteiger partial charge in [0.05, 0.1) is 18.0 Å². The van der Waals surface area contributed by atoms with Gasteiger partial charge in [0.15, 0.2) is 0 Å². The van der Waals surface area contributed by atoms with Crippen LogP contribution in [0.4, 0.5) is 13.2 Å². The van der Waals surface area contributed by atoms with Gasteiger partial charge >= 0.3 is 6.18 Å². The molecule has 8 heteroatoms. The van der Waals surface area contributed by atoms with Crippen LogP contribution in [0.25, 0.3) is 0 Å². The van der Waals surface area contributed by atoms with E-state index in [4.69, 9.17) is 0 Å². The molecule has 0 aliphatic carbocycles. The number of alkyl halides is 3. The molecule has 1 aromatic heterocycles. The second-order valence-corrected chi connectivity index (χ2v) is 3.91. The highest BCUT2D eigenvalue weighted by Crippen LogP contribution is 2.28. The lowest BCUT2D eigenvalue weighted by molar-refractivity contribution is -0.137. The summed E-state index contributed by atoms with van der Waals surface area (Å²) in [6, 6.07) is 4.37. The largest absolute Gasteiger partial charge is 0.416 e. The van der Waals surface area contributed by atoms with Crippen molar-refractivity contribution in [2.75, 3.05) is 0 Å². The summed E-state index contributed by atoms with van der Waals surface area (Å²) in [6.45, 7) is 0. The van der Waals surface area contributed by atoms with Crippen LogP contribution in [0, 0.1) is 0 Å². The highest BCUT2D eigenvalue weighted by atomic mass is 19.4. The molecule has 0 fully saturated rings. The Kier molecular flexibility index (Phi) is 4.27. The molecule has 0 spiro atoms. The quantitative estimate of drug-likeness (QED) is 0.697. The minimum Gasteiger partial charge on any atom is -0.265 e. The van der Waals surface area contributed by atoms with Gasteiger partial charge in [0.1, 0.15) is 5.69 Å². The maximum absolute atomic E-state index is 12.4. The third kappa shape index (κ3) is 4.10. The lowest BCUT2D eigenvalue weighted by Gasteiger charge is -2.05. The topological polar surface area (TPSA) is 67.2 Å². The van der Waals surface area contributed by atoms with E-state index in [0.717, 1.165) is 12.1 Å². The predicted octanol–water partition coefficient (Wildman–Crippen LogP) is 2.26. The van der Waals surface area contributed by atoms with Crippen LogP contribution in [0.3, 0.4) is 0 Å². The van der Waals surface area contributed by atoms with Crippen molar-refractivity contribution in [3.05, 3.63) is 59.7 Å². The SMILES string of the molecule is O=C(N/N=C\c1ccc(C(F)(F)F)cc1)c1cnccn1. The van der Waals surface area contributed by atoms with E-state index in [9.17, 15) is 18.0 Å². The number of rotatable bonds is 3. The van der Waals surface area contributed by atoms with Gasteiger partial charge in [-0.25, -0.2) is 10.4 Å². The number of carbonyl (C=O) groups is 1. The maximum Gasteiger partial charge on any atom is 0.416 e. The molecule has 1 heterocycles. The Hall–Kier alpha value is -2.77. The molecular weight excluding hydrogens is 285 g/mol. The Labute approximate surface area is 117 Å². The van der Waals surface area contributed by atoms with Crippen LogP contribution in [0.2, 0.25) is 0 Å². The van der Waals surface area contributed by atoms with E-state index in [0.29, 0.717) is 5.56 Å². The molecule has 21 heavy (non-hydrogen) atoms. The van der Waals surface area contributed by atoms with E-state index in [2.05, 4.69) is 20.5 Å². The second kappa shape index (κ2) is 6.12. The highest BCUT2D eigenvalue weighted by molar-refractivity contribution is 5.92. The van der Waals surface area contributed by atoms with Crippen molar-refractivity contribution >= 4 is 12.1 Å². The Morgan fingerprint density at radius 1 is 1.19 bits per heavy atom. The fraction of sp³-hybridized carbons (Fsp3) is 0.0769. The van der Waals surface area contributed by atoms with E-state index >= 15 is 0 Å². The molecule has 2 aromatic rings. The van der Waals surface area contributed by atoms with Crippen molar-refractivity contribution in [2.24, 2.45) is 5.10 Å².